The van der Waals surface area contributed by atoms with Gasteiger partial charge in [0.05, 0.1) is 11.4 Å². The van der Waals surface area contributed by atoms with E-state index in [0.717, 1.165) is 19.4 Å². The number of hydrogen-bond donors (Lipinski definition) is 3. The van der Waals surface area contributed by atoms with E-state index in [1.165, 1.54) is 0 Å². The fraction of sp³-hybridized carbons (Fsp3) is 0.769. The summed E-state index contributed by atoms with van der Waals surface area (Å²) in [5, 5.41) is 10.1. The smallest absolute Gasteiger partial charge is 0.244 e. The van der Waals surface area contributed by atoms with Gasteiger partial charge in [-0.25, -0.2) is 13.1 Å². The van der Waals surface area contributed by atoms with E-state index in [4.69, 9.17) is 0 Å². The summed E-state index contributed by atoms with van der Waals surface area (Å²) in [4.78, 5) is 0.295. The van der Waals surface area contributed by atoms with Crippen LogP contribution in [-0.2, 0) is 16.6 Å². The number of rotatable bonds is 7. The summed E-state index contributed by atoms with van der Waals surface area (Å²) in [6.45, 7) is 9.23. The van der Waals surface area contributed by atoms with Gasteiger partial charge in [0.25, 0.3) is 0 Å². The Balaban J connectivity index is 2.16. The van der Waals surface area contributed by atoms with Gasteiger partial charge < -0.3 is 5.32 Å². The Labute approximate surface area is 120 Å². The molecule has 114 valence electrons. The molecular formula is C13H24N4O2S. The molecule has 7 heteroatoms. The van der Waals surface area contributed by atoms with Crippen molar-refractivity contribution in [3.05, 3.63) is 11.4 Å². The number of nitrogens with one attached hydrogen (secondary N) is 3. The molecule has 0 aliphatic heterocycles. The van der Waals surface area contributed by atoms with Crippen molar-refractivity contribution in [1.29, 1.82) is 0 Å². The van der Waals surface area contributed by atoms with Crippen LogP contribution in [0.2, 0.25) is 0 Å². The molecule has 1 saturated carbocycles. The van der Waals surface area contributed by atoms with Gasteiger partial charge in [0, 0.05) is 12.6 Å². The molecule has 0 aromatic carbocycles. The minimum absolute atomic E-state index is 0.0262. The van der Waals surface area contributed by atoms with Crippen LogP contribution in [0.4, 0.5) is 0 Å². The zero-order valence-electron chi connectivity index (χ0n) is 12.6. The van der Waals surface area contributed by atoms with E-state index in [1.54, 1.807) is 6.92 Å². The summed E-state index contributed by atoms with van der Waals surface area (Å²) >= 11 is 0. The lowest BCUT2D eigenvalue weighted by Gasteiger charge is -2.09. The SMILES string of the molecule is CCCNCc1n[nH]c(C)c1S(=O)(=O)NC1CC1(C)C. The van der Waals surface area contributed by atoms with Crippen LogP contribution < -0.4 is 10.0 Å². The fourth-order valence-electron chi connectivity index (χ4n) is 2.24. The van der Waals surface area contributed by atoms with E-state index in [9.17, 15) is 8.42 Å². The van der Waals surface area contributed by atoms with Crippen LogP contribution in [0.5, 0.6) is 0 Å². The van der Waals surface area contributed by atoms with Crippen molar-refractivity contribution in [3.8, 4) is 0 Å². The number of sulfonamides is 1. The second-order valence-electron chi connectivity index (χ2n) is 6.17. The molecule has 0 amide bonds. The van der Waals surface area contributed by atoms with Gasteiger partial charge in [0.1, 0.15) is 4.90 Å². The quantitative estimate of drug-likeness (QED) is 0.662. The van der Waals surface area contributed by atoms with Crippen molar-refractivity contribution in [2.45, 2.75) is 58.0 Å². The summed E-state index contributed by atoms with van der Waals surface area (Å²) in [5.74, 6) is 0. The summed E-state index contributed by atoms with van der Waals surface area (Å²) in [7, 11) is -3.51. The van der Waals surface area contributed by atoms with Crippen LogP contribution in [0.25, 0.3) is 0 Å². The molecule has 1 aromatic rings. The molecule has 1 aliphatic rings. The van der Waals surface area contributed by atoms with Crippen molar-refractivity contribution in [1.82, 2.24) is 20.2 Å². The highest BCUT2D eigenvalue weighted by Gasteiger charge is 2.48. The van der Waals surface area contributed by atoms with Gasteiger partial charge in [0.2, 0.25) is 10.0 Å². The molecule has 6 nitrogen and oxygen atoms in total. The predicted molar refractivity (Wildman–Crippen MR) is 77.8 cm³/mol. The maximum Gasteiger partial charge on any atom is 0.244 e. The number of hydrogen-bond acceptors (Lipinski definition) is 4. The van der Waals surface area contributed by atoms with Crippen molar-refractivity contribution < 1.29 is 8.42 Å². The monoisotopic (exact) mass is 300 g/mol. The zero-order chi connectivity index (χ0) is 15.0. The summed E-state index contributed by atoms with van der Waals surface area (Å²) in [5.41, 5.74) is 1.21. The molecule has 1 aromatic heterocycles. The van der Waals surface area contributed by atoms with Gasteiger partial charge in [-0.2, -0.15) is 5.10 Å². The van der Waals surface area contributed by atoms with Gasteiger partial charge in [-0.1, -0.05) is 20.8 Å². The van der Waals surface area contributed by atoms with Gasteiger partial charge in [-0.3, -0.25) is 5.10 Å². The third-order valence-electron chi connectivity index (χ3n) is 3.76. The van der Waals surface area contributed by atoms with E-state index in [0.29, 0.717) is 22.8 Å². The number of aromatic amines is 1. The largest absolute Gasteiger partial charge is 0.311 e. The van der Waals surface area contributed by atoms with E-state index in [-0.39, 0.29) is 11.5 Å². The maximum absolute atomic E-state index is 12.5. The van der Waals surface area contributed by atoms with Crippen LogP contribution in [0.15, 0.2) is 4.90 Å². The first-order valence-corrected chi connectivity index (χ1v) is 8.53. The molecule has 0 saturated heterocycles. The molecule has 0 radical (unpaired) electrons. The lowest BCUT2D eigenvalue weighted by atomic mass is 10.2. The highest BCUT2D eigenvalue weighted by atomic mass is 32.2. The second-order valence-corrected chi connectivity index (χ2v) is 7.82. The molecule has 0 spiro atoms. The Morgan fingerprint density at radius 1 is 1.45 bits per heavy atom. The average Bonchev–Trinajstić information content (AvgIpc) is 2.74. The topological polar surface area (TPSA) is 86.9 Å². The lowest BCUT2D eigenvalue weighted by molar-refractivity contribution is 0.552. The average molecular weight is 300 g/mol. The minimum Gasteiger partial charge on any atom is -0.311 e. The van der Waals surface area contributed by atoms with E-state index in [2.05, 4.69) is 41.0 Å². The highest BCUT2D eigenvalue weighted by molar-refractivity contribution is 7.89. The molecule has 20 heavy (non-hydrogen) atoms. The number of aromatic nitrogens is 2. The molecule has 0 bridgehead atoms. The fourth-order valence-corrected chi connectivity index (χ4v) is 4.02. The Morgan fingerprint density at radius 2 is 2.10 bits per heavy atom. The minimum atomic E-state index is -3.51. The standard InChI is InChI=1S/C13H24N4O2S/c1-5-6-14-8-10-12(9(2)15-16-10)20(18,19)17-11-7-13(11,3)4/h11,14,17H,5-8H2,1-4H3,(H,15,16). The Hall–Kier alpha value is -0.920. The maximum atomic E-state index is 12.5. The Kier molecular flexibility index (Phi) is 4.22. The first-order chi connectivity index (χ1) is 9.28. The van der Waals surface area contributed by atoms with E-state index >= 15 is 0 Å². The molecule has 1 fully saturated rings. The number of nitrogens with zero attached hydrogens (tertiary/aromatic N) is 1. The van der Waals surface area contributed by atoms with Gasteiger partial charge >= 0.3 is 0 Å². The Bertz CT molecular complexity index is 577. The van der Waals surface area contributed by atoms with Crippen molar-refractivity contribution in [2.75, 3.05) is 6.54 Å². The predicted octanol–water partition coefficient (Wildman–Crippen LogP) is 1.29. The first kappa shape index (κ1) is 15.5. The van der Waals surface area contributed by atoms with Crippen LogP contribution in [-0.4, -0.2) is 31.2 Å². The zero-order valence-corrected chi connectivity index (χ0v) is 13.4. The Morgan fingerprint density at radius 3 is 2.65 bits per heavy atom. The number of aryl methyl sites for hydroxylation is 1. The third-order valence-corrected chi connectivity index (χ3v) is 5.43. The van der Waals surface area contributed by atoms with Crippen LogP contribution >= 0.6 is 0 Å². The van der Waals surface area contributed by atoms with Crippen molar-refractivity contribution >= 4 is 10.0 Å². The highest BCUT2D eigenvalue weighted by Crippen LogP contribution is 2.45. The summed E-state index contributed by atoms with van der Waals surface area (Å²) in [6, 6.07) is 0.0262. The number of H-pyrrole nitrogens is 1. The van der Waals surface area contributed by atoms with Crippen LogP contribution in [0.3, 0.4) is 0 Å². The van der Waals surface area contributed by atoms with E-state index < -0.39 is 10.0 Å². The molecule has 1 unspecified atom stereocenters. The van der Waals surface area contributed by atoms with Crippen LogP contribution in [0.1, 0.15) is 45.0 Å². The summed E-state index contributed by atoms with van der Waals surface area (Å²) in [6.07, 6.45) is 1.88. The molecule has 3 N–H and O–H groups in total. The molecular weight excluding hydrogens is 276 g/mol. The normalized spacial score (nSPS) is 21.1. The third kappa shape index (κ3) is 3.21. The first-order valence-electron chi connectivity index (χ1n) is 7.05. The molecule has 1 aliphatic carbocycles. The molecule has 1 heterocycles. The molecule has 2 rings (SSSR count). The summed E-state index contributed by atoms with van der Waals surface area (Å²) < 4.78 is 27.8. The van der Waals surface area contributed by atoms with Gasteiger partial charge in [0.15, 0.2) is 0 Å². The van der Waals surface area contributed by atoms with Crippen molar-refractivity contribution in [2.24, 2.45) is 5.41 Å². The van der Waals surface area contributed by atoms with Crippen LogP contribution in [0, 0.1) is 12.3 Å². The lowest BCUT2D eigenvalue weighted by Crippen LogP contribution is -2.30. The van der Waals surface area contributed by atoms with Gasteiger partial charge in [-0.15, -0.1) is 0 Å². The second kappa shape index (κ2) is 5.46. The van der Waals surface area contributed by atoms with Crippen molar-refractivity contribution in [3.63, 3.8) is 0 Å². The van der Waals surface area contributed by atoms with E-state index in [1.807, 2.05) is 0 Å². The van der Waals surface area contributed by atoms with Gasteiger partial charge in [-0.05, 0) is 31.7 Å². The molecule has 1 atom stereocenters.